The van der Waals surface area contributed by atoms with Gasteiger partial charge >= 0.3 is 5.97 Å². The molecule has 16 heavy (non-hydrogen) atoms. The molecule has 0 saturated carbocycles. The molecular formula is C12H24N2O2. The molecule has 0 spiro atoms. The number of rotatable bonds is 4. The van der Waals surface area contributed by atoms with E-state index in [0.29, 0.717) is 5.92 Å². The third kappa shape index (κ3) is 4.49. The highest BCUT2D eigenvalue weighted by molar-refractivity contribution is 5.67. The van der Waals surface area contributed by atoms with Crippen LogP contribution >= 0.6 is 0 Å². The number of hydrogen-bond acceptors (Lipinski definition) is 3. The molecule has 0 bridgehead atoms. The average Bonchev–Trinajstić information content (AvgIpc) is 1.95. The first-order valence-corrected chi connectivity index (χ1v) is 6.00. The molecule has 1 atom stereocenters. The van der Waals surface area contributed by atoms with E-state index in [4.69, 9.17) is 5.11 Å². The van der Waals surface area contributed by atoms with Crippen LogP contribution in [0, 0.1) is 5.92 Å². The monoisotopic (exact) mass is 228 g/mol. The van der Waals surface area contributed by atoms with Gasteiger partial charge in [-0.1, -0.05) is 13.8 Å². The first kappa shape index (κ1) is 13.5. The number of aliphatic carboxylic acids is 1. The van der Waals surface area contributed by atoms with Crippen LogP contribution in [0.25, 0.3) is 0 Å². The number of nitrogens with one attached hydrogen (secondary N) is 1. The molecule has 94 valence electrons. The largest absolute Gasteiger partial charge is 0.481 e. The number of carboxylic acid groups (broad SMARTS) is 1. The molecule has 1 heterocycles. The van der Waals surface area contributed by atoms with Crippen LogP contribution < -0.4 is 5.32 Å². The van der Waals surface area contributed by atoms with Crippen LogP contribution in [0.1, 0.15) is 34.1 Å². The van der Waals surface area contributed by atoms with Crippen molar-refractivity contribution in [2.24, 2.45) is 5.92 Å². The van der Waals surface area contributed by atoms with Crippen LogP contribution in [0.4, 0.5) is 0 Å². The summed E-state index contributed by atoms with van der Waals surface area (Å²) in [4.78, 5) is 13.1. The van der Waals surface area contributed by atoms with Gasteiger partial charge in [-0.2, -0.15) is 0 Å². The first-order chi connectivity index (χ1) is 7.28. The van der Waals surface area contributed by atoms with Crippen molar-refractivity contribution in [2.45, 2.75) is 45.7 Å². The normalized spacial score (nSPS) is 25.9. The van der Waals surface area contributed by atoms with E-state index in [1.54, 1.807) is 0 Å². The van der Waals surface area contributed by atoms with Crippen LogP contribution in [0.3, 0.4) is 0 Å². The van der Waals surface area contributed by atoms with Crippen molar-refractivity contribution in [3.05, 3.63) is 0 Å². The third-order valence-electron chi connectivity index (χ3n) is 2.74. The summed E-state index contributed by atoms with van der Waals surface area (Å²) < 4.78 is 0. The van der Waals surface area contributed by atoms with Crippen molar-refractivity contribution in [3.8, 4) is 0 Å². The quantitative estimate of drug-likeness (QED) is 0.758. The lowest BCUT2D eigenvalue weighted by Crippen LogP contribution is -2.62. The molecule has 4 heteroatoms. The number of carboxylic acids is 1. The molecule has 1 aliphatic heterocycles. The molecule has 1 unspecified atom stereocenters. The van der Waals surface area contributed by atoms with Gasteiger partial charge in [0.15, 0.2) is 0 Å². The predicted molar refractivity (Wildman–Crippen MR) is 64.5 cm³/mol. The van der Waals surface area contributed by atoms with E-state index < -0.39 is 5.97 Å². The van der Waals surface area contributed by atoms with Gasteiger partial charge in [-0.05, 0) is 19.8 Å². The minimum atomic E-state index is -0.723. The van der Waals surface area contributed by atoms with Gasteiger partial charge in [0.2, 0.25) is 0 Å². The van der Waals surface area contributed by atoms with Crippen molar-refractivity contribution in [1.29, 1.82) is 0 Å². The molecule has 2 N–H and O–H groups in total. The summed E-state index contributed by atoms with van der Waals surface area (Å²) in [6.45, 7) is 11.5. The highest BCUT2D eigenvalue weighted by atomic mass is 16.4. The maximum absolute atomic E-state index is 10.7. The van der Waals surface area contributed by atoms with E-state index >= 15 is 0 Å². The second-order valence-electron chi connectivity index (χ2n) is 5.91. The molecule has 0 aliphatic carbocycles. The summed E-state index contributed by atoms with van der Waals surface area (Å²) in [5.41, 5.74) is 0.00720. The van der Waals surface area contributed by atoms with Crippen molar-refractivity contribution >= 4 is 5.97 Å². The van der Waals surface area contributed by atoms with Gasteiger partial charge in [0.1, 0.15) is 0 Å². The van der Waals surface area contributed by atoms with E-state index in [-0.39, 0.29) is 18.0 Å². The fourth-order valence-electron chi connectivity index (χ4n) is 2.56. The maximum Gasteiger partial charge on any atom is 0.304 e. The van der Waals surface area contributed by atoms with Gasteiger partial charge in [-0.25, -0.2) is 0 Å². The topological polar surface area (TPSA) is 52.6 Å². The zero-order valence-electron chi connectivity index (χ0n) is 10.8. The predicted octanol–water partition coefficient (Wildman–Crippen LogP) is 1.17. The summed E-state index contributed by atoms with van der Waals surface area (Å²) in [6, 6.07) is 0.0694. The lowest BCUT2D eigenvalue weighted by Gasteiger charge is -2.44. The van der Waals surface area contributed by atoms with Gasteiger partial charge in [0, 0.05) is 31.2 Å². The van der Waals surface area contributed by atoms with E-state index in [9.17, 15) is 4.79 Å². The van der Waals surface area contributed by atoms with Crippen molar-refractivity contribution in [2.75, 3.05) is 19.6 Å². The molecular weight excluding hydrogens is 204 g/mol. The zero-order chi connectivity index (χ0) is 12.3. The number of hydrogen-bond donors (Lipinski definition) is 2. The van der Waals surface area contributed by atoms with Crippen LogP contribution in [-0.4, -0.2) is 47.2 Å². The van der Waals surface area contributed by atoms with E-state index in [1.807, 2.05) is 0 Å². The van der Waals surface area contributed by atoms with Gasteiger partial charge in [-0.3, -0.25) is 9.69 Å². The number of carbonyl (C=O) groups is 1. The fraction of sp³-hybridized carbons (Fsp3) is 0.917. The Balaban J connectivity index is 2.58. The molecule has 0 amide bonds. The van der Waals surface area contributed by atoms with Gasteiger partial charge in [0.25, 0.3) is 0 Å². The highest BCUT2D eigenvalue weighted by Crippen LogP contribution is 2.16. The standard InChI is InChI=1S/C12H24N2O2/c1-9(2)6-14-7-10(5-11(15)16)13-12(3,4)8-14/h9-10,13H,5-8H2,1-4H3,(H,15,16). The van der Waals surface area contributed by atoms with Crippen LogP contribution in [-0.2, 0) is 4.79 Å². The van der Waals surface area contributed by atoms with Crippen LogP contribution in [0.2, 0.25) is 0 Å². The summed E-state index contributed by atoms with van der Waals surface area (Å²) in [6.07, 6.45) is 0.206. The van der Waals surface area contributed by atoms with Gasteiger partial charge in [0.05, 0.1) is 6.42 Å². The Hall–Kier alpha value is -0.610. The Bertz CT molecular complexity index is 251. The number of nitrogens with zero attached hydrogens (tertiary/aromatic N) is 1. The molecule has 1 rings (SSSR count). The van der Waals surface area contributed by atoms with Crippen LogP contribution in [0.5, 0.6) is 0 Å². The van der Waals surface area contributed by atoms with E-state index in [0.717, 1.165) is 19.6 Å². The summed E-state index contributed by atoms with van der Waals surface area (Å²) in [7, 11) is 0. The van der Waals surface area contributed by atoms with E-state index in [2.05, 4.69) is 37.9 Å². The second-order valence-corrected chi connectivity index (χ2v) is 5.91. The molecule has 4 nitrogen and oxygen atoms in total. The maximum atomic E-state index is 10.7. The van der Waals surface area contributed by atoms with Crippen molar-refractivity contribution in [3.63, 3.8) is 0 Å². The van der Waals surface area contributed by atoms with Crippen molar-refractivity contribution < 1.29 is 9.90 Å². The average molecular weight is 228 g/mol. The summed E-state index contributed by atoms with van der Waals surface area (Å²) >= 11 is 0. The van der Waals surface area contributed by atoms with E-state index in [1.165, 1.54) is 0 Å². The Morgan fingerprint density at radius 2 is 2.19 bits per heavy atom. The minimum absolute atomic E-state index is 0.00720. The Morgan fingerprint density at radius 1 is 1.56 bits per heavy atom. The van der Waals surface area contributed by atoms with Crippen LogP contribution in [0.15, 0.2) is 0 Å². The Morgan fingerprint density at radius 3 is 2.69 bits per heavy atom. The smallest absolute Gasteiger partial charge is 0.304 e. The SMILES string of the molecule is CC(C)CN1CC(CC(=O)O)NC(C)(C)C1. The zero-order valence-corrected chi connectivity index (χ0v) is 10.8. The molecule has 1 saturated heterocycles. The molecule has 0 aromatic carbocycles. The molecule has 1 fully saturated rings. The lowest BCUT2D eigenvalue weighted by atomic mass is 9.96. The third-order valence-corrected chi connectivity index (χ3v) is 2.74. The van der Waals surface area contributed by atoms with Crippen molar-refractivity contribution in [1.82, 2.24) is 10.2 Å². The molecule has 0 aromatic heterocycles. The first-order valence-electron chi connectivity index (χ1n) is 6.00. The second kappa shape index (κ2) is 5.15. The Kier molecular flexibility index (Phi) is 4.33. The minimum Gasteiger partial charge on any atom is -0.481 e. The lowest BCUT2D eigenvalue weighted by molar-refractivity contribution is -0.138. The van der Waals surface area contributed by atoms with Gasteiger partial charge < -0.3 is 10.4 Å². The molecule has 0 radical (unpaired) electrons. The summed E-state index contributed by atoms with van der Waals surface area (Å²) in [5, 5.41) is 12.3. The molecule has 0 aromatic rings. The Labute approximate surface area is 98.0 Å². The summed E-state index contributed by atoms with van der Waals surface area (Å²) in [5.74, 6) is -0.0981. The highest BCUT2D eigenvalue weighted by Gasteiger charge is 2.32. The number of piperazine rings is 1. The molecule has 1 aliphatic rings. The van der Waals surface area contributed by atoms with Gasteiger partial charge in [-0.15, -0.1) is 0 Å². The fourth-order valence-corrected chi connectivity index (χ4v) is 2.56.